The molecule has 1 saturated carbocycles. The lowest BCUT2D eigenvalue weighted by Gasteiger charge is -2.34. The van der Waals surface area contributed by atoms with Crippen molar-refractivity contribution in [2.75, 3.05) is 0 Å². The molecule has 0 bridgehead atoms. The zero-order chi connectivity index (χ0) is 20.6. The lowest BCUT2D eigenvalue weighted by molar-refractivity contribution is 0.0696. The van der Waals surface area contributed by atoms with Crippen LogP contribution >= 0.6 is 0 Å². The third kappa shape index (κ3) is 6.01. The lowest BCUT2D eigenvalue weighted by atomic mass is 9.89. The number of nitrogens with one attached hydrogen (secondary N) is 2. The number of carbonyl (C=O) groups is 2. The molecular formula is C22H32N2O4. The van der Waals surface area contributed by atoms with Gasteiger partial charge in [-0.1, -0.05) is 19.9 Å². The second-order valence-corrected chi connectivity index (χ2v) is 7.50. The van der Waals surface area contributed by atoms with Crippen LogP contribution in [-0.4, -0.2) is 34.8 Å². The number of rotatable bonds is 9. The van der Waals surface area contributed by atoms with Crippen molar-refractivity contribution >= 4 is 12.0 Å². The number of carboxylic acids is 1. The zero-order valence-corrected chi connectivity index (χ0v) is 16.9. The summed E-state index contributed by atoms with van der Waals surface area (Å²) in [6.45, 7) is 7.97. The molecule has 0 saturated heterocycles. The van der Waals surface area contributed by atoms with Gasteiger partial charge in [0.1, 0.15) is 5.75 Å². The van der Waals surface area contributed by atoms with Crippen molar-refractivity contribution in [2.24, 2.45) is 0 Å². The number of hydrogen-bond acceptors (Lipinski definition) is 3. The van der Waals surface area contributed by atoms with Gasteiger partial charge in [-0.25, -0.2) is 9.59 Å². The first-order valence-corrected chi connectivity index (χ1v) is 10.1. The fourth-order valence-corrected chi connectivity index (χ4v) is 3.70. The van der Waals surface area contributed by atoms with Crippen molar-refractivity contribution in [1.82, 2.24) is 10.6 Å². The Labute approximate surface area is 167 Å². The van der Waals surface area contributed by atoms with Crippen molar-refractivity contribution in [3.05, 3.63) is 42.5 Å². The highest BCUT2D eigenvalue weighted by molar-refractivity contribution is 5.87. The molecule has 0 aliphatic heterocycles. The number of amides is 2. The van der Waals surface area contributed by atoms with Crippen molar-refractivity contribution in [3.8, 4) is 5.75 Å². The first-order chi connectivity index (χ1) is 13.4. The highest BCUT2D eigenvalue weighted by Crippen LogP contribution is 2.25. The monoisotopic (exact) mass is 388 g/mol. The Bertz CT molecular complexity index is 660. The predicted octanol–water partition coefficient (Wildman–Crippen LogP) is 4.51. The Balaban J connectivity index is 1.79. The smallest absolute Gasteiger partial charge is 0.335 e. The second-order valence-electron chi connectivity index (χ2n) is 7.50. The minimum atomic E-state index is -0.945. The molecule has 0 spiro atoms. The Kier molecular flexibility index (Phi) is 7.91. The highest BCUT2D eigenvalue weighted by atomic mass is 16.5. The Hall–Kier alpha value is -2.50. The molecule has 0 aromatic heterocycles. The molecule has 2 rings (SSSR count). The zero-order valence-electron chi connectivity index (χ0n) is 16.9. The highest BCUT2D eigenvalue weighted by Gasteiger charge is 2.29. The van der Waals surface area contributed by atoms with E-state index in [9.17, 15) is 9.59 Å². The van der Waals surface area contributed by atoms with E-state index in [1.807, 2.05) is 6.08 Å². The summed E-state index contributed by atoms with van der Waals surface area (Å²) in [7, 11) is 0. The van der Waals surface area contributed by atoms with E-state index in [0.717, 1.165) is 44.9 Å². The van der Waals surface area contributed by atoms with Crippen LogP contribution in [0.4, 0.5) is 4.79 Å². The van der Waals surface area contributed by atoms with Gasteiger partial charge in [-0.15, -0.1) is 6.58 Å². The number of ether oxygens (including phenoxy) is 1. The van der Waals surface area contributed by atoms with Crippen molar-refractivity contribution in [2.45, 2.75) is 76.5 Å². The van der Waals surface area contributed by atoms with Crippen LogP contribution in [-0.2, 0) is 0 Å². The van der Waals surface area contributed by atoms with Gasteiger partial charge >= 0.3 is 12.0 Å². The Morgan fingerprint density at radius 2 is 1.79 bits per heavy atom. The summed E-state index contributed by atoms with van der Waals surface area (Å²) in [5.41, 5.74) is 0.0202. The molecule has 6 nitrogen and oxygen atoms in total. The number of carbonyl (C=O) groups excluding carboxylic acids is 1. The van der Waals surface area contributed by atoms with Crippen LogP contribution < -0.4 is 15.4 Å². The largest absolute Gasteiger partial charge is 0.490 e. The van der Waals surface area contributed by atoms with E-state index < -0.39 is 5.97 Å². The molecule has 1 aliphatic rings. The molecule has 0 atom stereocenters. The second kappa shape index (κ2) is 10.2. The van der Waals surface area contributed by atoms with Crippen molar-refractivity contribution < 1.29 is 19.4 Å². The van der Waals surface area contributed by atoms with Crippen LogP contribution in [0.3, 0.4) is 0 Å². The summed E-state index contributed by atoms with van der Waals surface area (Å²) >= 11 is 0. The number of hydrogen-bond donors (Lipinski definition) is 3. The summed E-state index contributed by atoms with van der Waals surface area (Å²) in [5, 5.41) is 15.2. The van der Waals surface area contributed by atoms with Crippen molar-refractivity contribution in [1.29, 1.82) is 0 Å². The quantitative estimate of drug-likeness (QED) is 0.543. The van der Waals surface area contributed by atoms with Crippen LogP contribution in [0.1, 0.15) is 69.2 Å². The van der Waals surface area contributed by atoms with Gasteiger partial charge in [-0.05, 0) is 69.2 Å². The van der Waals surface area contributed by atoms with Crippen LogP contribution in [0.2, 0.25) is 0 Å². The number of aromatic carboxylic acids is 1. The maximum atomic E-state index is 12.4. The minimum absolute atomic E-state index is 0.0860. The molecule has 1 aromatic rings. The van der Waals surface area contributed by atoms with E-state index in [0.29, 0.717) is 5.75 Å². The number of urea groups is 1. The molecule has 2 amide bonds. The summed E-state index contributed by atoms with van der Waals surface area (Å²) in [6, 6.07) is 6.51. The van der Waals surface area contributed by atoms with Gasteiger partial charge in [-0.3, -0.25) is 0 Å². The number of carboxylic acid groups (broad SMARTS) is 1. The van der Waals surface area contributed by atoms with E-state index in [1.54, 1.807) is 24.3 Å². The van der Waals surface area contributed by atoms with Crippen LogP contribution in [0, 0.1) is 0 Å². The van der Waals surface area contributed by atoms with Crippen LogP contribution in [0.5, 0.6) is 5.75 Å². The standard InChI is InChI=1S/C22H32N2O4/c1-4-15-22(5-2,6-3)24-21(27)23-17-9-13-19(14-10-17)28-18-11-7-16(8-12-18)20(25)26/h4,7-8,11-12,17,19H,1,5-6,9-10,13-15H2,2-3H3,(H,25,26)(H2,23,24,27). The van der Waals surface area contributed by atoms with Gasteiger partial charge in [0.05, 0.1) is 11.7 Å². The minimum Gasteiger partial charge on any atom is -0.490 e. The third-order valence-electron chi connectivity index (χ3n) is 5.68. The third-order valence-corrected chi connectivity index (χ3v) is 5.68. The van der Waals surface area contributed by atoms with Gasteiger partial charge < -0.3 is 20.5 Å². The SMILES string of the molecule is C=CCC(CC)(CC)NC(=O)NC1CCC(Oc2ccc(C(=O)O)cc2)CC1. The lowest BCUT2D eigenvalue weighted by Crippen LogP contribution is -2.54. The maximum Gasteiger partial charge on any atom is 0.335 e. The Morgan fingerprint density at radius 1 is 1.18 bits per heavy atom. The Morgan fingerprint density at radius 3 is 2.29 bits per heavy atom. The van der Waals surface area contributed by atoms with E-state index in [-0.39, 0.29) is 29.3 Å². The van der Waals surface area contributed by atoms with Gasteiger partial charge in [-0.2, -0.15) is 0 Å². The fourth-order valence-electron chi connectivity index (χ4n) is 3.70. The summed E-state index contributed by atoms with van der Waals surface area (Å²) < 4.78 is 5.96. The molecule has 0 heterocycles. The summed E-state index contributed by atoms with van der Waals surface area (Å²) in [5.74, 6) is -0.265. The summed E-state index contributed by atoms with van der Waals surface area (Å²) in [6.07, 6.45) is 7.86. The van der Waals surface area contributed by atoms with Crippen molar-refractivity contribution in [3.63, 3.8) is 0 Å². The average Bonchev–Trinajstić information content (AvgIpc) is 2.69. The van der Waals surface area contributed by atoms with Crippen LogP contribution in [0.15, 0.2) is 36.9 Å². The first kappa shape index (κ1) is 21.8. The maximum absolute atomic E-state index is 12.4. The fraction of sp³-hybridized carbons (Fsp3) is 0.545. The molecule has 0 radical (unpaired) electrons. The van der Waals surface area contributed by atoms with Gasteiger partial charge in [0.15, 0.2) is 0 Å². The molecule has 154 valence electrons. The predicted molar refractivity (Wildman–Crippen MR) is 110 cm³/mol. The van der Waals surface area contributed by atoms with Crippen LogP contribution in [0.25, 0.3) is 0 Å². The number of benzene rings is 1. The van der Waals surface area contributed by atoms with E-state index in [4.69, 9.17) is 9.84 Å². The van der Waals surface area contributed by atoms with Gasteiger partial charge in [0.25, 0.3) is 0 Å². The molecule has 6 heteroatoms. The molecule has 1 aliphatic carbocycles. The molecular weight excluding hydrogens is 356 g/mol. The topological polar surface area (TPSA) is 87.7 Å². The average molecular weight is 389 g/mol. The molecule has 1 fully saturated rings. The normalized spacial score (nSPS) is 19.5. The molecule has 1 aromatic carbocycles. The van der Waals surface area contributed by atoms with E-state index in [2.05, 4.69) is 31.1 Å². The van der Waals surface area contributed by atoms with E-state index in [1.165, 1.54) is 0 Å². The van der Waals surface area contributed by atoms with Gasteiger partial charge in [0, 0.05) is 11.6 Å². The van der Waals surface area contributed by atoms with E-state index >= 15 is 0 Å². The molecule has 3 N–H and O–H groups in total. The molecule has 28 heavy (non-hydrogen) atoms. The summed E-state index contributed by atoms with van der Waals surface area (Å²) in [4.78, 5) is 23.3. The molecule has 0 unspecified atom stereocenters. The first-order valence-electron chi connectivity index (χ1n) is 10.1. The van der Waals surface area contributed by atoms with Gasteiger partial charge in [0.2, 0.25) is 0 Å².